The number of nitrogens with zero attached hydrogens (tertiary/aromatic N) is 1. The number of carbonyl (C=O) groups is 1. The van der Waals surface area contributed by atoms with E-state index in [2.05, 4.69) is 9.72 Å². The van der Waals surface area contributed by atoms with Crippen molar-refractivity contribution in [1.29, 1.82) is 0 Å². The SMILES string of the molecule is O=C(Cl)c1ncc(Cl)cc1OC(F)(F)F. The van der Waals surface area contributed by atoms with Crippen molar-refractivity contribution in [2.75, 3.05) is 0 Å². The fourth-order valence-corrected chi connectivity index (χ4v) is 1.06. The summed E-state index contributed by atoms with van der Waals surface area (Å²) in [4.78, 5) is 14.0. The van der Waals surface area contributed by atoms with E-state index in [1.807, 2.05) is 0 Å². The van der Waals surface area contributed by atoms with E-state index >= 15 is 0 Å². The molecule has 0 saturated heterocycles. The van der Waals surface area contributed by atoms with Gasteiger partial charge in [-0.2, -0.15) is 0 Å². The number of pyridine rings is 1. The summed E-state index contributed by atoms with van der Waals surface area (Å²) in [5.74, 6) is -0.824. The molecule has 15 heavy (non-hydrogen) atoms. The topological polar surface area (TPSA) is 39.2 Å². The Hall–Kier alpha value is -1.01. The van der Waals surface area contributed by atoms with Crippen LogP contribution in [0, 0.1) is 0 Å². The third-order valence-electron chi connectivity index (χ3n) is 1.23. The van der Waals surface area contributed by atoms with Gasteiger partial charge in [-0.1, -0.05) is 11.6 Å². The highest BCUT2D eigenvalue weighted by Gasteiger charge is 2.33. The molecule has 0 aliphatic rings. The highest BCUT2D eigenvalue weighted by molar-refractivity contribution is 6.67. The number of aromatic nitrogens is 1. The van der Waals surface area contributed by atoms with Crippen LogP contribution < -0.4 is 4.74 Å². The van der Waals surface area contributed by atoms with Crippen molar-refractivity contribution in [2.24, 2.45) is 0 Å². The predicted molar refractivity (Wildman–Crippen MR) is 46.1 cm³/mol. The van der Waals surface area contributed by atoms with Crippen LogP contribution in [-0.2, 0) is 0 Å². The third kappa shape index (κ3) is 3.56. The summed E-state index contributed by atoms with van der Waals surface area (Å²) in [6.45, 7) is 0. The van der Waals surface area contributed by atoms with Gasteiger partial charge in [0.05, 0.1) is 5.02 Å². The van der Waals surface area contributed by atoms with E-state index in [0.717, 1.165) is 12.3 Å². The second-order valence-corrected chi connectivity index (χ2v) is 3.10. The summed E-state index contributed by atoms with van der Waals surface area (Å²) in [5, 5.41) is -1.26. The van der Waals surface area contributed by atoms with Gasteiger partial charge in [-0.15, -0.1) is 13.2 Å². The van der Waals surface area contributed by atoms with Crippen molar-refractivity contribution in [2.45, 2.75) is 6.36 Å². The minimum Gasteiger partial charge on any atom is -0.403 e. The molecule has 1 aromatic heterocycles. The molecule has 0 bridgehead atoms. The fraction of sp³-hybridized carbons (Fsp3) is 0.143. The lowest BCUT2D eigenvalue weighted by Crippen LogP contribution is -2.19. The first kappa shape index (κ1) is 12.1. The van der Waals surface area contributed by atoms with Crippen LogP contribution >= 0.6 is 23.2 Å². The van der Waals surface area contributed by atoms with Gasteiger partial charge in [-0.3, -0.25) is 4.79 Å². The lowest BCUT2D eigenvalue weighted by atomic mass is 10.3. The highest BCUT2D eigenvalue weighted by atomic mass is 35.5. The molecule has 82 valence electrons. The zero-order valence-electron chi connectivity index (χ0n) is 6.81. The number of alkyl halides is 3. The van der Waals surface area contributed by atoms with E-state index in [1.165, 1.54) is 0 Å². The van der Waals surface area contributed by atoms with Crippen LogP contribution in [0.5, 0.6) is 5.75 Å². The Kier molecular flexibility index (Phi) is 3.41. The molecular formula is C7H2Cl2F3NO2. The van der Waals surface area contributed by atoms with Gasteiger partial charge in [0.25, 0.3) is 5.24 Å². The summed E-state index contributed by atoms with van der Waals surface area (Å²) in [6, 6.07) is 0.803. The van der Waals surface area contributed by atoms with Crippen molar-refractivity contribution >= 4 is 28.4 Å². The Morgan fingerprint density at radius 3 is 2.53 bits per heavy atom. The second kappa shape index (κ2) is 4.24. The molecular weight excluding hydrogens is 258 g/mol. The summed E-state index contributed by atoms with van der Waals surface area (Å²) in [5.41, 5.74) is -0.640. The molecule has 0 radical (unpaired) electrons. The Balaban J connectivity index is 3.13. The molecule has 0 N–H and O–H groups in total. The number of rotatable bonds is 2. The van der Waals surface area contributed by atoms with Gasteiger partial charge in [0, 0.05) is 12.3 Å². The Labute approximate surface area is 91.8 Å². The molecule has 0 aliphatic carbocycles. The first-order chi connectivity index (χ1) is 6.79. The van der Waals surface area contributed by atoms with Crippen molar-refractivity contribution in [1.82, 2.24) is 4.98 Å². The molecule has 0 unspecified atom stereocenters. The van der Waals surface area contributed by atoms with Crippen molar-refractivity contribution in [3.8, 4) is 5.75 Å². The minimum atomic E-state index is -4.94. The van der Waals surface area contributed by atoms with Gasteiger partial charge in [0.2, 0.25) is 0 Å². The average Bonchev–Trinajstić information content (AvgIpc) is 1.99. The molecule has 0 spiro atoms. The molecule has 8 heteroatoms. The monoisotopic (exact) mass is 259 g/mol. The Morgan fingerprint density at radius 1 is 1.47 bits per heavy atom. The third-order valence-corrected chi connectivity index (χ3v) is 1.62. The number of hydrogen-bond acceptors (Lipinski definition) is 3. The fourth-order valence-electron chi connectivity index (χ4n) is 0.771. The first-order valence-corrected chi connectivity index (χ1v) is 4.16. The summed E-state index contributed by atoms with van der Waals surface area (Å²) < 4.78 is 39.1. The molecule has 3 nitrogen and oxygen atoms in total. The van der Waals surface area contributed by atoms with Gasteiger partial charge in [0.15, 0.2) is 11.4 Å². The van der Waals surface area contributed by atoms with Gasteiger partial charge in [0.1, 0.15) is 0 Å². The Bertz CT molecular complexity index is 394. The van der Waals surface area contributed by atoms with E-state index in [9.17, 15) is 18.0 Å². The molecule has 1 rings (SSSR count). The van der Waals surface area contributed by atoms with E-state index in [-0.39, 0.29) is 5.02 Å². The predicted octanol–water partition coefficient (Wildman–Crippen LogP) is 3.01. The van der Waals surface area contributed by atoms with E-state index < -0.39 is 23.0 Å². The zero-order chi connectivity index (χ0) is 11.6. The maximum absolute atomic E-state index is 11.9. The lowest BCUT2D eigenvalue weighted by molar-refractivity contribution is -0.274. The van der Waals surface area contributed by atoms with Gasteiger partial charge >= 0.3 is 6.36 Å². The largest absolute Gasteiger partial charge is 0.573 e. The number of halogens is 5. The van der Waals surface area contributed by atoms with E-state index in [1.54, 1.807) is 0 Å². The molecule has 0 aliphatic heterocycles. The lowest BCUT2D eigenvalue weighted by Gasteiger charge is -2.10. The average molecular weight is 260 g/mol. The van der Waals surface area contributed by atoms with E-state index in [0.29, 0.717) is 0 Å². The van der Waals surface area contributed by atoms with Crippen LogP contribution in [-0.4, -0.2) is 16.6 Å². The van der Waals surface area contributed by atoms with Crippen LogP contribution in [0.2, 0.25) is 5.02 Å². The van der Waals surface area contributed by atoms with Crippen LogP contribution in [0.4, 0.5) is 13.2 Å². The van der Waals surface area contributed by atoms with Crippen LogP contribution in [0.3, 0.4) is 0 Å². The van der Waals surface area contributed by atoms with Crippen LogP contribution in [0.25, 0.3) is 0 Å². The molecule has 0 atom stereocenters. The maximum atomic E-state index is 11.9. The summed E-state index contributed by atoms with van der Waals surface area (Å²) in [6.07, 6.45) is -3.95. The van der Waals surface area contributed by atoms with Crippen molar-refractivity contribution in [3.05, 3.63) is 23.0 Å². The molecule has 1 heterocycles. The number of hydrogen-bond donors (Lipinski definition) is 0. The smallest absolute Gasteiger partial charge is 0.403 e. The van der Waals surface area contributed by atoms with Gasteiger partial charge in [-0.25, -0.2) is 4.98 Å². The quantitative estimate of drug-likeness (QED) is 0.767. The first-order valence-electron chi connectivity index (χ1n) is 3.41. The van der Waals surface area contributed by atoms with Crippen LogP contribution in [0.15, 0.2) is 12.3 Å². The van der Waals surface area contributed by atoms with Crippen molar-refractivity contribution in [3.63, 3.8) is 0 Å². The minimum absolute atomic E-state index is 0.101. The van der Waals surface area contributed by atoms with Crippen molar-refractivity contribution < 1.29 is 22.7 Å². The molecule has 0 fully saturated rings. The maximum Gasteiger partial charge on any atom is 0.573 e. The van der Waals surface area contributed by atoms with Gasteiger partial charge in [-0.05, 0) is 11.6 Å². The summed E-state index contributed by atoms with van der Waals surface area (Å²) in [7, 11) is 0. The van der Waals surface area contributed by atoms with E-state index in [4.69, 9.17) is 23.2 Å². The standard InChI is InChI=1S/C7H2Cl2F3NO2/c8-3-1-4(15-7(10,11)12)5(6(9)14)13-2-3/h1-2H. The molecule has 1 aromatic rings. The number of ether oxygens (including phenoxy) is 1. The van der Waals surface area contributed by atoms with Crippen LogP contribution in [0.1, 0.15) is 10.5 Å². The highest BCUT2D eigenvalue weighted by Crippen LogP contribution is 2.28. The zero-order valence-corrected chi connectivity index (χ0v) is 8.32. The molecule has 0 amide bonds. The van der Waals surface area contributed by atoms with Gasteiger partial charge < -0.3 is 4.74 Å². The second-order valence-electron chi connectivity index (χ2n) is 2.32. The summed E-state index contributed by atoms with van der Waals surface area (Å²) >= 11 is 10.4. The normalized spacial score (nSPS) is 11.3. The Morgan fingerprint density at radius 2 is 2.07 bits per heavy atom. The number of carbonyl (C=O) groups excluding carboxylic acids is 1. The molecule has 0 saturated carbocycles. The molecule has 0 aromatic carbocycles.